The SMILES string of the molecule is CC1CCCCN1C(=O)CCNC(=O)c1ccccc1. The highest BCUT2D eigenvalue weighted by atomic mass is 16.2. The largest absolute Gasteiger partial charge is 0.352 e. The molecule has 108 valence electrons. The molecule has 0 bridgehead atoms. The first kappa shape index (κ1) is 14.6. The van der Waals surface area contributed by atoms with Crippen molar-refractivity contribution in [1.29, 1.82) is 0 Å². The predicted octanol–water partition coefficient (Wildman–Crippen LogP) is 2.21. The lowest BCUT2D eigenvalue weighted by Gasteiger charge is -2.33. The Kier molecular flexibility index (Phi) is 5.16. The second-order valence-electron chi connectivity index (χ2n) is 5.30. The lowest BCUT2D eigenvalue weighted by Crippen LogP contribution is -2.43. The number of nitrogens with zero attached hydrogens (tertiary/aromatic N) is 1. The molecule has 0 aromatic heterocycles. The molecule has 0 radical (unpaired) electrons. The highest BCUT2D eigenvalue weighted by Gasteiger charge is 2.22. The van der Waals surface area contributed by atoms with E-state index in [9.17, 15) is 9.59 Å². The normalized spacial score (nSPS) is 18.6. The molecule has 2 rings (SSSR count). The van der Waals surface area contributed by atoms with E-state index < -0.39 is 0 Å². The van der Waals surface area contributed by atoms with Crippen molar-refractivity contribution in [2.75, 3.05) is 13.1 Å². The van der Waals surface area contributed by atoms with Gasteiger partial charge in [0.1, 0.15) is 0 Å². The Hall–Kier alpha value is -1.84. The molecule has 1 aliphatic heterocycles. The van der Waals surface area contributed by atoms with Gasteiger partial charge in [-0.15, -0.1) is 0 Å². The smallest absolute Gasteiger partial charge is 0.251 e. The fourth-order valence-electron chi connectivity index (χ4n) is 2.59. The van der Waals surface area contributed by atoms with E-state index in [1.165, 1.54) is 6.42 Å². The number of hydrogen-bond donors (Lipinski definition) is 1. The Morgan fingerprint density at radius 3 is 2.70 bits per heavy atom. The summed E-state index contributed by atoms with van der Waals surface area (Å²) in [6.45, 7) is 3.35. The Morgan fingerprint density at radius 1 is 1.25 bits per heavy atom. The summed E-state index contributed by atoms with van der Waals surface area (Å²) >= 11 is 0. The Bertz CT molecular complexity index is 459. The number of piperidine rings is 1. The van der Waals surface area contributed by atoms with Crippen molar-refractivity contribution in [3.05, 3.63) is 35.9 Å². The van der Waals surface area contributed by atoms with Crippen molar-refractivity contribution in [1.82, 2.24) is 10.2 Å². The van der Waals surface area contributed by atoms with E-state index in [0.29, 0.717) is 24.6 Å². The van der Waals surface area contributed by atoms with Crippen molar-refractivity contribution in [2.45, 2.75) is 38.6 Å². The number of likely N-dealkylation sites (tertiary alicyclic amines) is 1. The highest BCUT2D eigenvalue weighted by molar-refractivity contribution is 5.94. The molecule has 4 nitrogen and oxygen atoms in total. The summed E-state index contributed by atoms with van der Waals surface area (Å²) in [4.78, 5) is 25.9. The van der Waals surface area contributed by atoms with Gasteiger partial charge >= 0.3 is 0 Å². The Morgan fingerprint density at radius 2 is 2.00 bits per heavy atom. The van der Waals surface area contributed by atoms with Gasteiger partial charge in [0.05, 0.1) is 0 Å². The van der Waals surface area contributed by atoms with Crippen LogP contribution in [0, 0.1) is 0 Å². The van der Waals surface area contributed by atoms with Gasteiger partial charge in [0, 0.05) is 31.1 Å². The van der Waals surface area contributed by atoms with E-state index in [-0.39, 0.29) is 11.8 Å². The van der Waals surface area contributed by atoms with Crippen molar-refractivity contribution in [3.8, 4) is 0 Å². The van der Waals surface area contributed by atoms with Crippen LogP contribution in [0.1, 0.15) is 43.0 Å². The molecule has 1 heterocycles. The number of amides is 2. The van der Waals surface area contributed by atoms with Crippen LogP contribution in [0.3, 0.4) is 0 Å². The number of carbonyl (C=O) groups excluding carboxylic acids is 2. The third-order valence-electron chi connectivity index (χ3n) is 3.78. The molecule has 1 fully saturated rings. The molecule has 4 heteroatoms. The molecule has 20 heavy (non-hydrogen) atoms. The summed E-state index contributed by atoms with van der Waals surface area (Å²) < 4.78 is 0. The van der Waals surface area contributed by atoms with Crippen molar-refractivity contribution in [3.63, 3.8) is 0 Å². The molecular formula is C16H22N2O2. The number of rotatable bonds is 4. The molecule has 1 unspecified atom stereocenters. The molecule has 0 saturated carbocycles. The first-order valence-electron chi connectivity index (χ1n) is 7.31. The number of benzene rings is 1. The minimum atomic E-state index is -0.120. The molecular weight excluding hydrogens is 252 g/mol. The zero-order valence-corrected chi connectivity index (χ0v) is 12.0. The summed E-state index contributed by atoms with van der Waals surface area (Å²) in [6.07, 6.45) is 3.76. The van der Waals surface area contributed by atoms with Gasteiger partial charge in [-0.25, -0.2) is 0 Å². The molecule has 1 aromatic rings. The highest BCUT2D eigenvalue weighted by Crippen LogP contribution is 2.16. The van der Waals surface area contributed by atoms with Crippen LogP contribution in [-0.2, 0) is 4.79 Å². The number of carbonyl (C=O) groups is 2. The van der Waals surface area contributed by atoms with E-state index in [2.05, 4.69) is 12.2 Å². The monoisotopic (exact) mass is 274 g/mol. The fourth-order valence-corrected chi connectivity index (χ4v) is 2.59. The quantitative estimate of drug-likeness (QED) is 0.915. The molecule has 1 N–H and O–H groups in total. The molecule has 0 aliphatic carbocycles. The molecule has 2 amide bonds. The molecule has 1 aliphatic rings. The van der Waals surface area contributed by atoms with Gasteiger partial charge in [0.25, 0.3) is 5.91 Å². The maximum Gasteiger partial charge on any atom is 0.251 e. The standard InChI is InChI=1S/C16H22N2O2/c1-13-7-5-6-12-18(13)15(19)10-11-17-16(20)14-8-3-2-4-9-14/h2-4,8-9,13H,5-7,10-12H2,1H3,(H,17,20). The van der Waals surface area contributed by atoms with Crippen LogP contribution >= 0.6 is 0 Å². The van der Waals surface area contributed by atoms with Crippen molar-refractivity contribution < 1.29 is 9.59 Å². The summed E-state index contributed by atoms with van der Waals surface area (Å²) in [7, 11) is 0. The third-order valence-corrected chi connectivity index (χ3v) is 3.78. The molecule has 1 atom stereocenters. The number of nitrogens with one attached hydrogen (secondary N) is 1. The summed E-state index contributed by atoms with van der Waals surface area (Å²) in [6, 6.07) is 9.40. The zero-order valence-electron chi connectivity index (χ0n) is 12.0. The van der Waals surface area contributed by atoms with Crippen molar-refractivity contribution in [2.24, 2.45) is 0 Å². The zero-order chi connectivity index (χ0) is 14.4. The maximum absolute atomic E-state index is 12.1. The van der Waals surface area contributed by atoms with Crippen LogP contribution in [0.2, 0.25) is 0 Å². The third kappa shape index (κ3) is 3.83. The van der Waals surface area contributed by atoms with Crippen LogP contribution in [-0.4, -0.2) is 35.8 Å². The van der Waals surface area contributed by atoms with E-state index in [0.717, 1.165) is 19.4 Å². The van der Waals surface area contributed by atoms with E-state index in [4.69, 9.17) is 0 Å². The van der Waals surface area contributed by atoms with E-state index in [1.54, 1.807) is 12.1 Å². The second kappa shape index (κ2) is 7.08. The van der Waals surface area contributed by atoms with Gasteiger partial charge in [0.2, 0.25) is 5.91 Å². The second-order valence-corrected chi connectivity index (χ2v) is 5.30. The molecule has 1 aromatic carbocycles. The van der Waals surface area contributed by atoms with E-state index in [1.807, 2.05) is 23.1 Å². The van der Waals surface area contributed by atoms with Gasteiger partial charge in [-0.1, -0.05) is 18.2 Å². The number of hydrogen-bond acceptors (Lipinski definition) is 2. The summed E-state index contributed by atoms with van der Waals surface area (Å²) in [5.41, 5.74) is 0.631. The lowest BCUT2D eigenvalue weighted by molar-refractivity contribution is -0.134. The van der Waals surface area contributed by atoms with Gasteiger partial charge in [-0.05, 0) is 38.3 Å². The summed E-state index contributed by atoms with van der Waals surface area (Å²) in [5, 5.41) is 2.80. The van der Waals surface area contributed by atoms with Crippen LogP contribution < -0.4 is 5.32 Å². The summed E-state index contributed by atoms with van der Waals surface area (Å²) in [5.74, 6) is 0.0238. The lowest BCUT2D eigenvalue weighted by atomic mass is 10.0. The topological polar surface area (TPSA) is 49.4 Å². The van der Waals surface area contributed by atoms with Crippen LogP contribution in [0.4, 0.5) is 0 Å². The minimum absolute atomic E-state index is 0.120. The van der Waals surface area contributed by atoms with Crippen LogP contribution in [0.25, 0.3) is 0 Å². The maximum atomic E-state index is 12.1. The molecule has 0 spiro atoms. The van der Waals surface area contributed by atoms with Gasteiger partial charge in [0.15, 0.2) is 0 Å². The van der Waals surface area contributed by atoms with Gasteiger partial charge < -0.3 is 10.2 Å². The van der Waals surface area contributed by atoms with Crippen molar-refractivity contribution >= 4 is 11.8 Å². The molecule has 1 saturated heterocycles. The van der Waals surface area contributed by atoms with Gasteiger partial charge in [-0.2, -0.15) is 0 Å². The van der Waals surface area contributed by atoms with E-state index >= 15 is 0 Å². The van der Waals surface area contributed by atoms with Crippen LogP contribution in [0.15, 0.2) is 30.3 Å². The average Bonchev–Trinajstić information content (AvgIpc) is 2.48. The minimum Gasteiger partial charge on any atom is -0.352 e. The predicted molar refractivity (Wildman–Crippen MR) is 78.4 cm³/mol. The fraction of sp³-hybridized carbons (Fsp3) is 0.500. The first-order chi connectivity index (χ1) is 9.68. The van der Waals surface area contributed by atoms with Gasteiger partial charge in [-0.3, -0.25) is 9.59 Å². The Labute approximate surface area is 120 Å². The Balaban J connectivity index is 1.75. The first-order valence-corrected chi connectivity index (χ1v) is 7.31. The van der Waals surface area contributed by atoms with Crippen LogP contribution in [0.5, 0.6) is 0 Å². The average molecular weight is 274 g/mol.